The van der Waals surface area contributed by atoms with Crippen LogP contribution in [0.2, 0.25) is 0 Å². The Labute approximate surface area is 194 Å². The lowest BCUT2D eigenvalue weighted by Crippen LogP contribution is -2.45. The summed E-state index contributed by atoms with van der Waals surface area (Å²) in [7, 11) is 1.63. The number of hydrogen-bond donors (Lipinski definition) is 1. The van der Waals surface area contributed by atoms with Crippen molar-refractivity contribution in [3.05, 3.63) is 50.9 Å². The van der Waals surface area contributed by atoms with Gasteiger partial charge in [0.25, 0.3) is 11.5 Å². The minimum absolute atomic E-state index is 0.0292. The second-order valence-electron chi connectivity index (χ2n) is 8.15. The maximum absolute atomic E-state index is 12.6. The molecule has 1 aliphatic rings. The van der Waals surface area contributed by atoms with Crippen LogP contribution in [-0.2, 0) is 34.5 Å². The zero-order valence-electron chi connectivity index (χ0n) is 19.4. The number of rotatable bonds is 8. The van der Waals surface area contributed by atoms with Gasteiger partial charge in [-0.15, -0.1) is 0 Å². The normalized spacial score (nSPS) is 15.3. The average molecular weight is 469 g/mol. The van der Waals surface area contributed by atoms with E-state index in [1.54, 1.807) is 32.2 Å². The molecule has 0 bridgehead atoms. The van der Waals surface area contributed by atoms with Crippen LogP contribution in [0.1, 0.15) is 38.9 Å². The number of H-pyrrole nitrogens is 1. The molecule has 11 nitrogen and oxygen atoms in total. The average Bonchev–Trinajstić information content (AvgIpc) is 3.14. The van der Waals surface area contributed by atoms with Gasteiger partial charge in [-0.05, 0) is 25.5 Å². The van der Waals surface area contributed by atoms with Gasteiger partial charge in [0, 0.05) is 20.1 Å². The van der Waals surface area contributed by atoms with E-state index in [0.717, 1.165) is 12.8 Å². The summed E-state index contributed by atoms with van der Waals surface area (Å²) in [4.78, 5) is 57.9. The fourth-order valence-electron chi connectivity index (χ4n) is 3.95. The molecule has 0 radical (unpaired) electrons. The molecule has 0 saturated heterocycles. The maximum Gasteiger partial charge on any atom is 0.330 e. The first-order chi connectivity index (χ1) is 16.3. The van der Waals surface area contributed by atoms with Crippen molar-refractivity contribution >= 4 is 28.7 Å². The third kappa shape index (κ3) is 4.33. The highest BCUT2D eigenvalue weighted by atomic mass is 16.5. The Balaban J connectivity index is 1.46. The van der Waals surface area contributed by atoms with E-state index in [-0.39, 0.29) is 36.6 Å². The van der Waals surface area contributed by atoms with Crippen LogP contribution in [0.4, 0.5) is 5.69 Å². The topological polar surface area (TPSA) is 129 Å². The number of hydrogen-bond acceptors (Lipinski definition) is 7. The van der Waals surface area contributed by atoms with Crippen LogP contribution in [0.3, 0.4) is 0 Å². The molecule has 3 aromatic rings. The highest BCUT2D eigenvalue weighted by molar-refractivity contribution is 6.00. The number of carbonyl (C=O) groups excluding carboxylic acids is 2. The Morgan fingerprint density at radius 1 is 1.21 bits per heavy atom. The SMILES string of the molecule is CCCCn1c(=O)[nH]c(=O)c2c1nc(COC(=O)CCN1C(=O)C(C)Oc3ccccc31)n2C. The molecule has 0 fully saturated rings. The van der Waals surface area contributed by atoms with E-state index in [1.807, 2.05) is 13.0 Å². The van der Waals surface area contributed by atoms with Gasteiger partial charge in [0.05, 0.1) is 12.1 Å². The number of unbranched alkanes of at least 4 members (excludes halogenated alkanes) is 1. The lowest BCUT2D eigenvalue weighted by Gasteiger charge is -2.32. The van der Waals surface area contributed by atoms with Crippen molar-refractivity contribution in [3.63, 3.8) is 0 Å². The fraction of sp³-hybridized carbons (Fsp3) is 0.435. The first kappa shape index (κ1) is 23.3. The van der Waals surface area contributed by atoms with Gasteiger partial charge in [-0.2, -0.15) is 0 Å². The number of anilines is 1. The van der Waals surface area contributed by atoms with Crippen molar-refractivity contribution in [1.82, 2.24) is 19.1 Å². The number of esters is 1. The molecule has 34 heavy (non-hydrogen) atoms. The molecule has 0 aliphatic carbocycles. The summed E-state index contributed by atoms with van der Waals surface area (Å²) in [6, 6.07) is 7.15. The number of ether oxygens (including phenoxy) is 2. The molecule has 4 rings (SSSR count). The van der Waals surface area contributed by atoms with Gasteiger partial charge >= 0.3 is 11.7 Å². The number of nitrogens with one attached hydrogen (secondary N) is 1. The molecule has 1 aromatic carbocycles. The van der Waals surface area contributed by atoms with Gasteiger partial charge in [-0.3, -0.25) is 23.9 Å². The summed E-state index contributed by atoms with van der Waals surface area (Å²) in [5.74, 6) is 0.174. The van der Waals surface area contributed by atoms with Crippen LogP contribution in [0, 0.1) is 0 Å². The van der Waals surface area contributed by atoms with Crippen LogP contribution < -0.4 is 20.9 Å². The van der Waals surface area contributed by atoms with Gasteiger partial charge < -0.3 is 18.9 Å². The Hall–Kier alpha value is -3.89. The van der Waals surface area contributed by atoms with Crippen molar-refractivity contribution in [2.45, 2.75) is 52.4 Å². The van der Waals surface area contributed by atoms with Crippen molar-refractivity contribution in [3.8, 4) is 5.75 Å². The number of aromatic nitrogens is 4. The van der Waals surface area contributed by atoms with E-state index < -0.39 is 23.3 Å². The molecule has 1 unspecified atom stereocenters. The number of amides is 1. The summed E-state index contributed by atoms with van der Waals surface area (Å²) in [5, 5.41) is 0. The Morgan fingerprint density at radius 2 is 1.97 bits per heavy atom. The van der Waals surface area contributed by atoms with Crippen molar-refractivity contribution in [2.24, 2.45) is 7.05 Å². The molecule has 1 N–H and O–H groups in total. The Morgan fingerprint density at radius 3 is 2.74 bits per heavy atom. The molecular formula is C23H27N5O6. The fourth-order valence-corrected chi connectivity index (χ4v) is 3.95. The van der Waals surface area contributed by atoms with E-state index in [2.05, 4.69) is 9.97 Å². The lowest BCUT2D eigenvalue weighted by atomic mass is 10.2. The maximum atomic E-state index is 12.6. The van der Waals surface area contributed by atoms with Crippen LogP contribution in [0.25, 0.3) is 11.2 Å². The Bertz CT molecular complexity index is 1350. The second-order valence-corrected chi connectivity index (χ2v) is 8.15. The number of imidazole rings is 1. The van der Waals surface area contributed by atoms with Crippen molar-refractivity contribution < 1.29 is 19.1 Å². The second kappa shape index (κ2) is 9.54. The van der Waals surface area contributed by atoms with Crippen molar-refractivity contribution in [2.75, 3.05) is 11.4 Å². The highest BCUT2D eigenvalue weighted by Crippen LogP contribution is 2.33. The molecule has 3 heterocycles. The van der Waals surface area contributed by atoms with Gasteiger partial charge in [-0.1, -0.05) is 25.5 Å². The van der Waals surface area contributed by atoms with E-state index in [9.17, 15) is 19.2 Å². The zero-order valence-corrected chi connectivity index (χ0v) is 19.4. The number of carbonyl (C=O) groups is 2. The number of benzene rings is 1. The molecule has 180 valence electrons. The predicted molar refractivity (Wildman–Crippen MR) is 124 cm³/mol. The number of nitrogens with zero attached hydrogens (tertiary/aromatic N) is 4. The van der Waals surface area contributed by atoms with E-state index >= 15 is 0 Å². The highest BCUT2D eigenvalue weighted by Gasteiger charge is 2.31. The van der Waals surface area contributed by atoms with Crippen LogP contribution in [0.5, 0.6) is 5.75 Å². The molecule has 0 saturated carbocycles. The third-order valence-electron chi connectivity index (χ3n) is 5.82. The molecule has 1 aliphatic heterocycles. The van der Waals surface area contributed by atoms with E-state index in [4.69, 9.17) is 9.47 Å². The van der Waals surface area contributed by atoms with E-state index in [0.29, 0.717) is 23.8 Å². The van der Waals surface area contributed by atoms with Crippen LogP contribution in [-0.4, -0.2) is 43.6 Å². The Kier molecular flexibility index (Phi) is 6.53. The summed E-state index contributed by atoms with van der Waals surface area (Å²) < 4.78 is 13.9. The number of para-hydroxylation sites is 2. The largest absolute Gasteiger partial charge is 0.479 e. The summed E-state index contributed by atoms with van der Waals surface area (Å²) in [6.45, 7) is 4.06. The number of aromatic amines is 1. The molecule has 11 heteroatoms. The van der Waals surface area contributed by atoms with Gasteiger partial charge in [0.15, 0.2) is 17.3 Å². The minimum Gasteiger partial charge on any atom is -0.479 e. The standard InChI is InChI=1S/C23H27N5O6/c1-4-5-11-28-20-19(21(30)25-23(28)32)26(3)17(24-20)13-33-18(29)10-12-27-15-8-6-7-9-16(15)34-14(2)22(27)31/h6-9,14H,4-5,10-13H2,1-3H3,(H,25,30,32). The predicted octanol–water partition coefficient (Wildman–Crippen LogP) is 1.47. The number of fused-ring (bicyclic) bond motifs is 2. The molecule has 1 amide bonds. The van der Waals surface area contributed by atoms with Gasteiger partial charge in [0.1, 0.15) is 18.2 Å². The number of aryl methyl sites for hydroxylation is 2. The smallest absolute Gasteiger partial charge is 0.330 e. The molecule has 0 spiro atoms. The molecular weight excluding hydrogens is 442 g/mol. The summed E-state index contributed by atoms with van der Waals surface area (Å²) in [6.07, 6.45) is 0.955. The van der Waals surface area contributed by atoms with Crippen LogP contribution >= 0.6 is 0 Å². The monoisotopic (exact) mass is 469 g/mol. The third-order valence-corrected chi connectivity index (χ3v) is 5.82. The first-order valence-corrected chi connectivity index (χ1v) is 11.2. The minimum atomic E-state index is -0.644. The quantitative estimate of drug-likeness (QED) is 0.495. The molecule has 1 atom stereocenters. The van der Waals surface area contributed by atoms with Crippen LogP contribution in [0.15, 0.2) is 33.9 Å². The zero-order chi connectivity index (χ0) is 24.4. The lowest BCUT2D eigenvalue weighted by molar-refractivity contribution is -0.145. The van der Waals surface area contributed by atoms with Gasteiger partial charge in [0.2, 0.25) is 0 Å². The van der Waals surface area contributed by atoms with Gasteiger partial charge in [-0.25, -0.2) is 9.78 Å². The van der Waals surface area contributed by atoms with E-state index in [1.165, 1.54) is 14.0 Å². The summed E-state index contributed by atoms with van der Waals surface area (Å²) >= 11 is 0. The van der Waals surface area contributed by atoms with Crippen molar-refractivity contribution in [1.29, 1.82) is 0 Å². The summed E-state index contributed by atoms with van der Waals surface area (Å²) in [5.41, 5.74) is 0.0563. The first-order valence-electron chi connectivity index (χ1n) is 11.2. The molecule has 2 aromatic heterocycles.